The van der Waals surface area contributed by atoms with Gasteiger partial charge in [0.2, 0.25) is 15.8 Å². The number of carbonyl (C=O) groups is 1. The zero-order valence-electron chi connectivity index (χ0n) is 40.0. The monoisotopic (exact) mass is 941 g/mol. The van der Waals surface area contributed by atoms with Crippen molar-refractivity contribution in [2.24, 2.45) is 5.92 Å². The lowest BCUT2D eigenvalue weighted by atomic mass is 9.87. The maximum Gasteiger partial charge on any atom is 0.410 e. The Morgan fingerprint density at radius 1 is 0.721 bits per heavy atom. The standard InChI is InChI=1S/C53H63N7O7S/c1-53(2,3)67-52(61)58-31-27-42(28-32-58)41-13-15-43(16-14-41)48-24-17-44(33-37-25-29-54-30-26-37)50(49(48)51-55-57-60(56-51)36-40-11-22-47(66-6)23-12-40)68(62,63)59(34-38-7-18-45(64-4)19-8-38)35-39-9-20-46(65-5)21-10-39/h7-24,37,42,54H,25-36H2,1-6H3. The number of aromatic nitrogens is 4. The van der Waals surface area contributed by atoms with Crippen LogP contribution in [-0.4, -0.2) is 97.0 Å². The molecule has 0 atom stereocenters. The molecule has 0 saturated carbocycles. The maximum absolute atomic E-state index is 16.1. The zero-order chi connectivity index (χ0) is 47.8. The summed E-state index contributed by atoms with van der Waals surface area (Å²) in [5.41, 5.74) is 5.76. The summed E-state index contributed by atoms with van der Waals surface area (Å²) >= 11 is 0. The predicted molar refractivity (Wildman–Crippen MR) is 262 cm³/mol. The molecule has 0 bridgehead atoms. The third-order valence-electron chi connectivity index (χ3n) is 12.8. The van der Waals surface area contributed by atoms with Gasteiger partial charge in [-0.3, -0.25) is 0 Å². The number of piperidine rings is 2. The Balaban J connectivity index is 1.24. The molecule has 2 fully saturated rings. The molecule has 1 aromatic heterocycles. The number of hydrogen-bond acceptors (Lipinski definition) is 11. The highest BCUT2D eigenvalue weighted by atomic mass is 32.2. The molecule has 15 heteroatoms. The Hall–Kier alpha value is -6.29. The van der Waals surface area contributed by atoms with Crippen molar-refractivity contribution < 1.29 is 32.2 Å². The lowest BCUT2D eigenvalue weighted by molar-refractivity contribution is 0.0204. The second-order valence-corrected chi connectivity index (χ2v) is 20.6. The number of rotatable bonds is 16. The molecule has 2 saturated heterocycles. The molecule has 14 nitrogen and oxygen atoms in total. The SMILES string of the molecule is COc1ccc(CN(Cc2ccc(OC)cc2)S(=O)(=O)c2c(CC3CCNCC3)ccc(-c3ccc(C4CCN(C(=O)OC(C)(C)C)CC4)cc3)c2-c2nnn(Cc3ccc(OC)cc3)n2)cc1. The predicted octanol–water partition coefficient (Wildman–Crippen LogP) is 9.13. The molecule has 0 aliphatic carbocycles. The fraction of sp³-hybridized carbons (Fsp3) is 0.396. The van der Waals surface area contributed by atoms with Crippen molar-refractivity contribution in [1.82, 2.24) is 34.7 Å². The first-order valence-electron chi connectivity index (χ1n) is 23.4. The summed E-state index contributed by atoms with van der Waals surface area (Å²) in [5.74, 6) is 2.82. The molecule has 2 aliphatic heterocycles. The van der Waals surface area contributed by atoms with Crippen LogP contribution in [0.5, 0.6) is 17.2 Å². The molecule has 8 rings (SSSR count). The van der Waals surface area contributed by atoms with Gasteiger partial charge in [-0.05, 0) is 158 Å². The van der Waals surface area contributed by atoms with Gasteiger partial charge in [0.15, 0.2) is 0 Å². The summed E-state index contributed by atoms with van der Waals surface area (Å²) in [6, 6.07) is 35.0. The van der Waals surface area contributed by atoms with E-state index in [9.17, 15) is 4.79 Å². The van der Waals surface area contributed by atoms with Gasteiger partial charge in [0.25, 0.3) is 0 Å². The van der Waals surface area contributed by atoms with Crippen molar-refractivity contribution in [2.45, 2.75) is 88.9 Å². The van der Waals surface area contributed by atoms with Crippen LogP contribution in [0.2, 0.25) is 0 Å². The molecule has 3 heterocycles. The van der Waals surface area contributed by atoms with Gasteiger partial charge in [0.05, 0.1) is 38.3 Å². The van der Waals surface area contributed by atoms with Gasteiger partial charge in [-0.1, -0.05) is 72.8 Å². The van der Waals surface area contributed by atoms with Crippen LogP contribution in [0.25, 0.3) is 22.5 Å². The number of hydrogen-bond donors (Lipinski definition) is 1. The molecule has 5 aromatic carbocycles. The molecule has 1 amide bonds. The van der Waals surface area contributed by atoms with Crippen LogP contribution in [0.15, 0.2) is 114 Å². The van der Waals surface area contributed by atoms with Crippen molar-refractivity contribution in [3.8, 4) is 39.8 Å². The highest BCUT2D eigenvalue weighted by Crippen LogP contribution is 2.42. The van der Waals surface area contributed by atoms with Crippen molar-refractivity contribution in [3.63, 3.8) is 0 Å². The van der Waals surface area contributed by atoms with Crippen LogP contribution in [0.1, 0.15) is 80.2 Å². The fourth-order valence-corrected chi connectivity index (χ4v) is 11.0. The third kappa shape index (κ3) is 11.7. The Morgan fingerprint density at radius 3 is 1.79 bits per heavy atom. The summed E-state index contributed by atoms with van der Waals surface area (Å²) in [7, 11) is 0.506. The lowest BCUT2D eigenvalue weighted by Crippen LogP contribution is -2.41. The Bertz CT molecular complexity index is 2680. The van der Waals surface area contributed by atoms with Gasteiger partial charge in [-0.15, -0.1) is 10.2 Å². The maximum atomic E-state index is 16.1. The normalized spacial score (nSPS) is 15.1. The van der Waals surface area contributed by atoms with Gasteiger partial charge in [-0.25, -0.2) is 13.2 Å². The summed E-state index contributed by atoms with van der Waals surface area (Å²) in [5, 5.41) is 17.6. The van der Waals surface area contributed by atoms with Crippen LogP contribution in [0.3, 0.4) is 0 Å². The topological polar surface area (TPSA) is 150 Å². The average molecular weight is 942 g/mol. The molecule has 358 valence electrons. The van der Waals surface area contributed by atoms with E-state index in [1.807, 2.05) is 106 Å². The quantitative estimate of drug-likeness (QED) is 0.0990. The zero-order valence-corrected chi connectivity index (χ0v) is 40.8. The minimum atomic E-state index is -4.34. The smallest absolute Gasteiger partial charge is 0.410 e. The number of ether oxygens (including phenoxy) is 4. The summed E-state index contributed by atoms with van der Waals surface area (Å²) < 4.78 is 55.8. The van der Waals surface area contributed by atoms with Crippen molar-refractivity contribution in [3.05, 3.63) is 137 Å². The summed E-state index contributed by atoms with van der Waals surface area (Å²) in [6.07, 6.45) is 3.73. The van der Waals surface area contributed by atoms with Crippen molar-refractivity contribution >= 4 is 16.1 Å². The molecular weight excluding hydrogens is 879 g/mol. The number of benzene rings is 5. The number of tetrazole rings is 1. The van der Waals surface area contributed by atoms with Crippen molar-refractivity contribution in [1.29, 1.82) is 0 Å². The van der Waals surface area contributed by atoms with E-state index in [1.54, 1.807) is 30.5 Å². The van der Waals surface area contributed by atoms with Crippen LogP contribution in [0.4, 0.5) is 4.79 Å². The molecule has 2 aliphatic rings. The molecule has 0 unspecified atom stereocenters. The highest BCUT2D eigenvalue weighted by Gasteiger charge is 2.35. The number of nitrogens with one attached hydrogen (secondary N) is 1. The Morgan fingerprint density at radius 2 is 1.26 bits per heavy atom. The summed E-state index contributed by atoms with van der Waals surface area (Å²) in [4.78, 5) is 16.3. The second-order valence-electron chi connectivity index (χ2n) is 18.7. The first kappa shape index (κ1) is 48.2. The van der Waals surface area contributed by atoms with E-state index in [-0.39, 0.29) is 41.7 Å². The van der Waals surface area contributed by atoms with Crippen LogP contribution in [-0.2, 0) is 40.8 Å². The molecule has 6 aromatic rings. The molecule has 68 heavy (non-hydrogen) atoms. The number of likely N-dealkylation sites (tertiary alicyclic amines) is 1. The molecule has 0 radical (unpaired) electrons. The third-order valence-corrected chi connectivity index (χ3v) is 14.8. The average Bonchev–Trinajstić information content (AvgIpc) is 3.82. The minimum Gasteiger partial charge on any atom is -0.497 e. The summed E-state index contributed by atoms with van der Waals surface area (Å²) in [6.45, 7) is 9.08. The fourth-order valence-electron chi connectivity index (χ4n) is 9.13. The minimum absolute atomic E-state index is 0.0911. The Kier molecular flexibility index (Phi) is 15.1. The number of methoxy groups -OCH3 is 3. The van der Waals surface area contributed by atoms with Gasteiger partial charge in [0, 0.05) is 26.2 Å². The van der Waals surface area contributed by atoms with E-state index < -0.39 is 15.6 Å². The second kappa shape index (κ2) is 21.3. The van der Waals surface area contributed by atoms with Gasteiger partial charge in [0.1, 0.15) is 22.8 Å². The van der Waals surface area contributed by atoms with Crippen LogP contribution >= 0.6 is 0 Å². The van der Waals surface area contributed by atoms with Crippen LogP contribution in [0, 0.1) is 5.92 Å². The van der Waals surface area contributed by atoms with Crippen molar-refractivity contribution in [2.75, 3.05) is 47.5 Å². The Labute approximate surface area is 400 Å². The number of carbonyl (C=O) groups excluding carboxylic acids is 1. The van der Waals surface area contributed by atoms with Gasteiger partial charge in [-0.2, -0.15) is 9.10 Å². The lowest BCUT2D eigenvalue weighted by Gasteiger charge is -2.33. The van der Waals surface area contributed by atoms with E-state index >= 15 is 8.42 Å². The van der Waals surface area contributed by atoms with E-state index in [0.29, 0.717) is 54.2 Å². The van der Waals surface area contributed by atoms with Crippen LogP contribution < -0.4 is 19.5 Å². The number of sulfonamides is 1. The van der Waals surface area contributed by atoms with E-state index in [1.165, 1.54) is 4.80 Å². The van der Waals surface area contributed by atoms with E-state index in [2.05, 4.69) is 39.9 Å². The largest absolute Gasteiger partial charge is 0.497 e. The molecular formula is C53H63N7O7S. The molecule has 1 N–H and O–H groups in total. The van der Waals surface area contributed by atoms with E-state index in [0.717, 1.165) is 72.3 Å². The first-order chi connectivity index (χ1) is 32.8. The van der Waals surface area contributed by atoms with E-state index in [4.69, 9.17) is 24.0 Å². The molecule has 0 spiro atoms. The first-order valence-corrected chi connectivity index (χ1v) is 24.9. The number of amides is 1. The number of nitrogens with zero attached hydrogens (tertiary/aromatic N) is 6. The van der Waals surface area contributed by atoms with Gasteiger partial charge < -0.3 is 29.2 Å². The highest BCUT2D eigenvalue weighted by molar-refractivity contribution is 7.89. The van der Waals surface area contributed by atoms with Gasteiger partial charge >= 0.3 is 6.09 Å².